The van der Waals surface area contributed by atoms with Crippen molar-refractivity contribution < 1.29 is 0 Å². The van der Waals surface area contributed by atoms with E-state index in [0.717, 1.165) is 19.0 Å². The molecule has 0 spiro atoms. The van der Waals surface area contributed by atoms with Gasteiger partial charge in [0.25, 0.3) is 0 Å². The third kappa shape index (κ3) is 2.52. The van der Waals surface area contributed by atoms with Gasteiger partial charge in [-0.2, -0.15) is 0 Å². The molecule has 0 aliphatic heterocycles. The summed E-state index contributed by atoms with van der Waals surface area (Å²) in [7, 11) is 0. The van der Waals surface area contributed by atoms with Gasteiger partial charge in [-0.25, -0.2) is 0 Å². The highest BCUT2D eigenvalue weighted by molar-refractivity contribution is 9.11. The monoisotopic (exact) mass is 387 g/mol. The molecule has 0 aliphatic carbocycles. The molecule has 0 atom stereocenters. The summed E-state index contributed by atoms with van der Waals surface area (Å²) in [5.41, 5.74) is 2.33. The molecule has 2 rings (SSSR count). The fraction of sp³-hybridized carbons (Fsp3) is 0. The van der Waals surface area contributed by atoms with E-state index in [-0.39, 0.29) is 0 Å². The molecule has 15 heavy (non-hydrogen) atoms. The van der Waals surface area contributed by atoms with Crippen LogP contribution in [0, 0.1) is 6.07 Å². The topological polar surface area (TPSA) is 0 Å². The lowest BCUT2D eigenvalue weighted by molar-refractivity contribution is 1.52. The minimum absolute atomic E-state index is 1.05. The first-order chi connectivity index (χ1) is 7.18. The van der Waals surface area contributed by atoms with E-state index in [4.69, 9.17) is 0 Å². The minimum Gasteiger partial charge on any atom is -0.0538 e. The number of halogens is 3. The highest BCUT2D eigenvalue weighted by atomic mass is 79.9. The molecule has 0 amide bonds. The van der Waals surface area contributed by atoms with Crippen LogP contribution in [0.25, 0.3) is 11.1 Å². The SMILES string of the molecule is Brc1cc(Br)c(-c2cc[c]cc2)c(Br)c1. The van der Waals surface area contributed by atoms with Crippen LogP contribution in [0.2, 0.25) is 0 Å². The van der Waals surface area contributed by atoms with Crippen molar-refractivity contribution in [2.24, 2.45) is 0 Å². The van der Waals surface area contributed by atoms with Gasteiger partial charge in [0.1, 0.15) is 0 Å². The summed E-state index contributed by atoms with van der Waals surface area (Å²) < 4.78 is 3.18. The van der Waals surface area contributed by atoms with Gasteiger partial charge in [0.05, 0.1) is 0 Å². The molecule has 0 bridgehead atoms. The van der Waals surface area contributed by atoms with Crippen LogP contribution in [-0.2, 0) is 0 Å². The van der Waals surface area contributed by atoms with Crippen molar-refractivity contribution in [3.63, 3.8) is 0 Å². The van der Waals surface area contributed by atoms with E-state index < -0.39 is 0 Å². The van der Waals surface area contributed by atoms with Crippen LogP contribution >= 0.6 is 47.8 Å². The lowest BCUT2D eigenvalue weighted by Gasteiger charge is -2.08. The maximum atomic E-state index is 3.56. The predicted octanol–water partition coefficient (Wildman–Crippen LogP) is 5.44. The molecule has 75 valence electrons. The van der Waals surface area contributed by atoms with E-state index in [1.165, 1.54) is 5.56 Å². The van der Waals surface area contributed by atoms with Gasteiger partial charge in [0.15, 0.2) is 0 Å². The molecule has 0 unspecified atom stereocenters. The smallest absolute Gasteiger partial charge is 0.0276 e. The van der Waals surface area contributed by atoms with Crippen molar-refractivity contribution in [3.05, 3.63) is 55.9 Å². The van der Waals surface area contributed by atoms with Gasteiger partial charge in [-0.05, 0) is 23.8 Å². The van der Waals surface area contributed by atoms with E-state index >= 15 is 0 Å². The second-order valence-corrected chi connectivity index (χ2v) is 5.66. The Morgan fingerprint density at radius 2 is 1.40 bits per heavy atom. The summed E-state index contributed by atoms with van der Waals surface area (Å²) in [6.07, 6.45) is 0. The standard InChI is InChI=1S/C12H6Br3/c13-9-6-10(14)12(11(15)7-9)8-4-2-1-3-5-8/h2-7H. The fourth-order valence-electron chi connectivity index (χ4n) is 1.37. The Kier molecular flexibility index (Phi) is 3.65. The molecular weight excluding hydrogens is 384 g/mol. The maximum Gasteiger partial charge on any atom is 0.0276 e. The van der Waals surface area contributed by atoms with E-state index in [1.54, 1.807) is 0 Å². The van der Waals surface area contributed by atoms with Gasteiger partial charge < -0.3 is 0 Å². The zero-order valence-electron chi connectivity index (χ0n) is 7.60. The number of rotatable bonds is 1. The maximum absolute atomic E-state index is 3.56. The van der Waals surface area contributed by atoms with Crippen LogP contribution in [0.3, 0.4) is 0 Å². The highest BCUT2D eigenvalue weighted by Crippen LogP contribution is 2.37. The summed E-state index contributed by atoms with van der Waals surface area (Å²) in [4.78, 5) is 0. The predicted molar refractivity (Wildman–Crippen MR) is 73.8 cm³/mol. The molecule has 1 radical (unpaired) electrons. The highest BCUT2D eigenvalue weighted by Gasteiger charge is 2.08. The van der Waals surface area contributed by atoms with Gasteiger partial charge in [-0.3, -0.25) is 0 Å². The lowest BCUT2D eigenvalue weighted by atomic mass is 10.1. The minimum atomic E-state index is 1.05. The Hall–Kier alpha value is -0.120. The summed E-state index contributed by atoms with van der Waals surface area (Å²) in [5, 5.41) is 0. The van der Waals surface area contributed by atoms with Crippen molar-refractivity contribution >= 4 is 47.8 Å². The zero-order chi connectivity index (χ0) is 10.8. The van der Waals surface area contributed by atoms with E-state index in [1.807, 2.05) is 36.4 Å². The van der Waals surface area contributed by atoms with E-state index in [2.05, 4.69) is 53.9 Å². The summed E-state index contributed by atoms with van der Waals surface area (Å²) >= 11 is 10.6. The molecule has 0 N–H and O–H groups in total. The van der Waals surface area contributed by atoms with Gasteiger partial charge in [-0.1, -0.05) is 72.1 Å². The van der Waals surface area contributed by atoms with Gasteiger partial charge in [0.2, 0.25) is 0 Å². The molecule has 0 saturated carbocycles. The van der Waals surface area contributed by atoms with Crippen LogP contribution in [-0.4, -0.2) is 0 Å². The molecule has 0 aromatic heterocycles. The Labute approximate surface area is 114 Å². The van der Waals surface area contributed by atoms with Crippen molar-refractivity contribution in [2.75, 3.05) is 0 Å². The number of hydrogen-bond acceptors (Lipinski definition) is 0. The van der Waals surface area contributed by atoms with E-state index in [0.29, 0.717) is 0 Å². The summed E-state index contributed by atoms with van der Waals surface area (Å²) in [5.74, 6) is 0. The molecule has 0 heterocycles. The quantitative estimate of drug-likeness (QED) is 0.609. The molecule has 0 saturated heterocycles. The Balaban J connectivity index is 2.64. The third-order valence-electron chi connectivity index (χ3n) is 2.01. The molecule has 0 nitrogen and oxygen atoms in total. The van der Waals surface area contributed by atoms with Gasteiger partial charge >= 0.3 is 0 Å². The molecule has 2 aromatic carbocycles. The van der Waals surface area contributed by atoms with Gasteiger partial charge in [-0.15, -0.1) is 0 Å². The average molecular weight is 390 g/mol. The Bertz CT molecular complexity index is 454. The molecule has 0 aliphatic rings. The normalized spacial score (nSPS) is 10.3. The van der Waals surface area contributed by atoms with Crippen molar-refractivity contribution in [3.8, 4) is 11.1 Å². The van der Waals surface area contributed by atoms with Crippen LogP contribution in [0.15, 0.2) is 49.8 Å². The first-order valence-corrected chi connectivity index (χ1v) is 6.67. The van der Waals surface area contributed by atoms with Crippen molar-refractivity contribution in [2.45, 2.75) is 0 Å². The van der Waals surface area contributed by atoms with Crippen LogP contribution in [0.1, 0.15) is 0 Å². The second kappa shape index (κ2) is 4.81. The van der Waals surface area contributed by atoms with Crippen molar-refractivity contribution in [1.82, 2.24) is 0 Å². The van der Waals surface area contributed by atoms with Crippen LogP contribution < -0.4 is 0 Å². The van der Waals surface area contributed by atoms with E-state index in [9.17, 15) is 0 Å². The average Bonchev–Trinajstić information content (AvgIpc) is 2.17. The summed E-state index contributed by atoms with van der Waals surface area (Å²) in [6, 6.07) is 15.0. The molecule has 0 fully saturated rings. The Morgan fingerprint density at radius 3 is 1.93 bits per heavy atom. The third-order valence-corrected chi connectivity index (χ3v) is 3.72. The molecule has 3 heteroatoms. The summed E-state index contributed by atoms with van der Waals surface area (Å²) in [6.45, 7) is 0. The Morgan fingerprint density at radius 1 is 0.867 bits per heavy atom. The number of benzene rings is 2. The second-order valence-electron chi connectivity index (χ2n) is 3.03. The van der Waals surface area contributed by atoms with Crippen molar-refractivity contribution in [1.29, 1.82) is 0 Å². The number of hydrogen-bond donors (Lipinski definition) is 0. The van der Waals surface area contributed by atoms with Crippen LogP contribution in [0.4, 0.5) is 0 Å². The molecular formula is C12H6Br3. The lowest BCUT2D eigenvalue weighted by Crippen LogP contribution is -1.82. The zero-order valence-corrected chi connectivity index (χ0v) is 12.4. The fourth-order valence-corrected chi connectivity index (χ4v) is 4.09. The molecule has 2 aromatic rings. The van der Waals surface area contributed by atoms with Crippen LogP contribution in [0.5, 0.6) is 0 Å². The van der Waals surface area contributed by atoms with Gasteiger partial charge in [0, 0.05) is 19.0 Å². The first kappa shape index (κ1) is 11.4. The first-order valence-electron chi connectivity index (χ1n) is 4.29. The largest absolute Gasteiger partial charge is 0.0538 e.